The maximum atomic E-state index is 13.1. The van der Waals surface area contributed by atoms with Gasteiger partial charge in [0.2, 0.25) is 5.91 Å². The zero-order valence-electron chi connectivity index (χ0n) is 22.5. The molecule has 7 heteroatoms. The molecule has 2 amide bonds. The van der Waals surface area contributed by atoms with E-state index in [9.17, 15) is 9.59 Å². The number of carbonyl (C=O) groups is 2. The molecule has 6 nitrogen and oxygen atoms in total. The Morgan fingerprint density at radius 3 is 2.34 bits per heavy atom. The van der Waals surface area contributed by atoms with Crippen LogP contribution in [0.3, 0.4) is 0 Å². The number of hydrogen-bond acceptors (Lipinski definition) is 5. The summed E-state index contributed by atoms with van der Waals surface area (Å²) in [5.41, 5.74) is 3.12. The minimum absolute atomic E-state index is 0.0581. The van der Waals surface area contributed by atoms with Crippen molar-refractivity contribution in [2.24, 2.45) is 0 Å². The number of ether oxygens (including phenoxy) is 1. The summed E-state index contributed by atoms with van der Waals surface area (Å²) in [7, 11) is 0. The monoisotopic (exact) mass is 531 g/mol. The largest absolute Gasteiger partial charge is 0.485 e. The van der Waals surface area contributed by atoms with E-state index in [0.29, 0.717) is 31.1 Å². The molecule has 1 spiro atoms. The predicted molar refractivity (Wildman–Crippen MR) is 153 cm³/mol. The van der Waals surface area contributed by atoms with Crippen LogP contribution in [0.1, 0.15) is 60.8 Å². The molecule has 0 atom stereocenters. The summed E-state index contributed by atoms with van der Waals surface area (Å²) >= 11 is 1.44. The van der Waals surface area contributed by atoms with Gasteiger partial charge in [0.1, 0.15) is 11.4 Å². The highest BCUT2D eigenvalue weighted by Crippen LogP contribution is 2.40. The van der Waals surface area contributed by atoms with Gasteiger partial charge in [-0.25, -0.2) is 0 Å². The molecule has 0 radical (unpaired) electrons. The number of benzene rings is 2. The first-order valence-corrected chi connectivity index (χ1v) is 14.3. The van der Waals surface area contributed by atoms with Crippen molar-refractivity contribution in [1.82, 2.24) is 10.2 Å². The van der Waals surface area contributed by atoms with Gasteiger partial charge in [-0.3, -0.25) is 9.59 Å². The van der Waals surface area contributed by atoms with E-state index in [-0.39, 0.29) is 22.8 Å². The van der Waals surface area contributed by atoms with Gasteiger partial charge in [-0.15, -0.1) is 11.3 Å². The van der Waals surface area contributed by atoms with Crippen LogP contribution in [0.15, 0.2) is 66.0 Å². The first-order valence-electron chi connectivity index (χ1n) is 13.4. The summed E-state index contributed by atoms with van der Waals surface area (Å²) in [5.74, 6) is 0.960. The van der Waals surface area contributed by atoms with Crippen molar-refractivity contribution in [3.63, 3.8) is 0 Å². The van der Waals surface area contributed by atoms with E-state index < -0.39 is 0 Å². The highest BCUT2D eigenvalue weighted by molar-refractivity contribution is 7.12. The lowest BCUT2D eigenvalue weighted by atomic mass is 9.86. The minimum atomic E-state index is -0.312. The molecule has 0 bridgehead atoms. The number of nitrogens with zero attached hydrogens (tertiary/aromatic N) is 2. The smallest absolute Gasteiger partial charge is 0.262 e. The van der Waals surface area contributed by atoms with Crippen LogP contribution in [0, 0.1) is 0 Å². The molecule has 1 aromatic heterocycles. The number of nitrogens with one attached hydrogen (secondary N) is 1. The predicted octanol–water partition coefficient (Wildman–Crippen LogP) is 5.63. The van der Waals surface area contributed by atoms with E-state index in [4.69, 9.17) is 4.74 Å². The summed E-state index contributed by atoms with van der Waals surface area (Å²) in [5, 5.41) is 4.97. The number of rotatable bonds is 5. The van der Waals surface area contributed by atoms with Gasteiger partial charge in [0, 0.05) is 38.9 Å². The second-order valence-corrected chi connectivity index (χ2v) is 12.4. The molecule has 0 unspecified atom stereocenters. The standard InChI is InChI=1S/C31H37N3O3S/c1-30(2,3)24-12-10-23(11-13-24)21-28(35)33-17-14-31(15-18-33)16-19-34(25-7-4-5-8-26(25)37-31)22-32-29(36)27-9-6-20-38-27/h4-13,20H,14-19,21-22H2,1-3H3,(H,32,36). The molecule has 1 saturated heterocycles. The number of thiophene rings is 1. The van der Waals surface area contributed by atoms with Gasteiger partial charge < -0.3 is 19.9 Å². The maximum Gasteiger partial charge on any atom is 0.262 e. The fourth-order valence-corrected chi connectivity index (χ4v) is 5.94. The van der Waals surface area contributed by atoms with Gasteiger partial charge in [0.05, 0.1) is 23.7 Å². The Morgan fingerprint density at radius 2 is 1.66 bits per heavy atom. The Kier molecular flexibility index (Phi) is 7.48. The van der Waals surface area contributed by atoms with E-state index in [2.05, 4.69) is 61.3 Å². The molecule has 38 heavy (non-hydrogen) atoms. The molecule has 0 saturated carbocycles. The lowest BCUT2D eigenvalue weighted by molar-refractivity contribution is -0.134. The van der Waals surface area contributed by atoms with Crippen molar-refractivity contribution in [1.29, 1.82) is 0 Å². The van der Waals surface area contributed by atoms with Crippen molar-refractivity contribution < 1.29 is 14.3 Å². The van der Waals surface area contributed by atoms with Crippen molar-refractivity contribution in [2.45, 2.75) is 57.5 Å². The molecule has 1 N–H and O–H groups in total. The maximum absolute atomic E-state index is 13.1. The molecule has 1 fully saturated rings. The van der Waals surface area contributed by atoms with E-state index in [1.54, 1.807) is 0 Å². The van der Waals surface area contributed by atoms with Crippen LogP contribution >= 0.6 is 11.3 Å². The SMILES string of the molecule is CC(C)(C)c1ccc(CC(=O)N2CCC3(CC2)CCN(CNC(=O)c2cccs2)c2ccccc2O3)cc1. The Hall–Kier alpha value is -3.32. The number of piperidine rings is 1. The van der Waals surface area contributed by atoms with E-state index >= 15 is 0 Å². The zero-order valence-corrected chi connectivity index (χ0v) is 23.4. The van der Waals surface area contributed by atoms with Crippen LogP contribution in [-0.4, -0.2) is 48.6 Å². The van der Waals surface area contributed by atoms with E-state index in [1.165, 1.54) is 16.9 Å². The lowest BCUT2D eigenvalue weighted by Gasteiger charge is -2.41. The summed E-state index contributed by atoms with van der Waals surface area (Å²) < 4.78 is 6.70. The van der Waals surface area contributed by atoms with Gasteiger partial charge in [-0.2, -0.15) is 0 Å². The molecular formula is C31H37N3O3S. The molecule has 2 aliphatic heterocycles. The molecule has 3 aromatic rings. The van der Waals surface area contributed by atoms with Crippen LogP contribution < -0.4 is 15.0 Å². The third-order valence-electron chi connectivity index (χ3n) is 7.75. The van der Waals surface area contributed by atoms with E-state index in [1.807, 2.05) is 40.6 Å². The number of hydrogen-bond donors (Lipinski definition) is 1. The number of amides is 2. The Balaban J connectivity index is 1.20. The van der Waals surface area contributed by atoms with E-state index in [0.717, 1.165) is 42.8 Å². The fraction of sp³-hybridized carbons (Fsp3) is 0.419. The van der Waals surface area contributed by atoms with Gasteiger partial charge in [0.25, 0.3) is 5.91 Å². The van der Waals surface area contributed by atoms with Gasteiger partial charge in [0.15, 0.2) is 0 Å². The van der Waals surface area contributed by atoms with Gasteiger partial charge in [-0.1, -0.05) is 63.2 Å². The van der Waals surface area contributed by atoms with Crippen molar-refractivity contribution in [2.75, 3.05) is 31.2 Å². The normalized spacial score (nSPS) is 16.9. The summed E-state index contributed by atoms with van der Waals surface area (Å²) in [6.07, 6.45) is 2.86. The van der Waals surface area contributed by atoms with Crippen LogP contribution in [0.2, 0.25) is 0 Å². The summed E-state index contributed by atoms with van der Waals surface area (Å²) in [4.78, 5) is 30.5. The van der Waals surface area contributed by atoms with Crippen LogP contribution in [0.25, 0.3) is 0 Å². The topological polar surface area (TPSA) is 61.9 Å². The molecule has 200 valence electrons. The first kappa shape index (κ1) is 26.3. The third-order valence-corrected chi connectivity index (χ3v) is 8.62. The summed E-state index contributed by atoms with van der Waals surface area (Å²) in [6, 6.07) is 20.2. The van der Waals surface area contributed by atoms with Crippen molar-refractivity contribution in [3.05, 3.63) is 82.0 Å². The second-order valence-electron chi connectivity index (χ2n) is 11.4. The number of carbonyl (C=O) groups excluding carboxylic acids is 2. The zero-order chi connectivity index (χ0) is 26.8. The average molecular weight is 532 g/mol. The van der Waals surface area contributed by atoms with Gasteiger partial charge in [-0.05, 0) is 40.1 Å². The van der Waals surface area contributed by atoms with Crippen LogP contribution in [0.4, 0.5) is 5.69 Å². The highest BCUT2D eigenvalue weighted by atomic mass is 32.1. The number of para-hydroxylation sites is 2. The average Bonchev–Trinajstić information content (AvgIpc) is 3.40. The molecular weight excluding hydrogens is 494 g/mol. The first-order chi connectivity index (χ1) is 18.2. The fourth-order valence-electron chi connectivity index (χ4n) is 5.30. The second kappa shape index (κ2) is 10.8. The molecule has 3 heterocycles. The Morgan fingerprint density at radius 1 is 0.947 bits per heavy atom. The van der Waals surface area contributed by atoms with Crippen molar-refractivity contribution in [3.8, 4) is 5.75 Å². The van der Waals surface area contributed by atoms with Crippen molar-refractivity contribution >= 4 is 28.8 Å². The van der Waals surface area contributed by atoms with Crippen LogP contribution in [0.5, 0.6) is 5.75 Å². The molecule has 2 aliphatic rings. The van der Waals surface area contributed by atoms with Crippen LogP contribution in [-0.2, 0) is 16.6 Å². The Labute approximate surface area is 229 Å². The molecule has 2 aromatic carbocycles. The number of fused-ring (bicyclic) bond motifs is 1. The lowest BCUT2D eigenvalue weighted by Crippen LogP contribution is -2.50. The molecule has 5 rings (SSSR count). The molecule has 0 aliphatic carbocycles. The Bertz CT molecular complexity index is 1260. The minimum Gasteiger partial charge on any atom is -0.485 e. The number of likely N-dealkylation sites (tertiary alicyclic amines) is 1. The highest BCUT2D eigenvalue weighted by Gasteiger charge is 2.40. The quantitative estimate of drug-likeness (QED) is 0.464. The van der Waals surface area contributed by atoms with Gasteiger partial charge >= 0.3 is 0 Å². The summed E-state index contributed by atoms with van der Waals surface area (Å²) in [6.45, 7) is 9.18. The number of anilines is 1. The third kappa shape index (κ3) is 5.88.